The van der Waals surface area contributed by atoms with Gasteiger partial charge in [0, 0.05) is 18.3 Å². The first-order valence-corrected chi connectivity index (χ1v) is 8.61. The van der Waals surface area contributed by atoms with Crippen LogP contribution in [0.3, 0.4) is 0 Å². The van der Waals surface area contributed by atoms with Gasteiger partial charge >= 0.3 is 6.09 Å². The molecule has 1 aliphatic heterocycles. The highest BCUT2D eigenvalue weighted by atomic mass is 16.6. The number of carbonyl (C=O) groups excluding carboxylic acids is 1. The standard InChI is InChI=1S/C20H24N2O3/c1-20(2,3)25-19(23)22-14-8-12-17(22)16-11-7-13-21-18(16)24-15-9-5-4-6-10-15/h4-7,9-11,13,17H,8,12,14H2,1-3H3. The molecule has 1 amide bonds. The Morgan fingerprint density at radius 2 is 1.92 bits per heavy atom. The molecular weight excluding hydrogens is 316 g/mol. The quantitative estimate of drug-likeness (QED) is 0.793. The highest BCUT2D eigenvalue weighted by Crippen LogP contribution is 2.38. The summed E-state index contributed by atoms with van der Waals surface area (Å²) in [7, 11) is 0. The van der Waals surface area contributed by atoms with Gasteiger partial charge in [0.25, 0.3) is 0 Å². The Kier molecular flexibility index (Phi) is 4.93. The van der Waals surface area contributed by atoms with E-state index in [0.29, 0.717) is 12.4 Å². The topological polar surface area (TPSA) is 51.7 Å². The molecule has 3 rings (SSSR count). The van der Waals surface area contributed by atoms with Crippen molar-refractivity contribution >= 4 is 6.09 Å². The summed E-state index contributed by atoms with van der Waals surface area (Å²) < 4.78 is 11.5. The average Bonchev–Trinajstić information content (AvgIpc) is 3.04. The molecule has 1 aromatic carbocycles. The number of benzene rings is 1. The number of pyridine rings is 1. The SMILES string of the molecule is CC(C)(C)OC(=O)N1CCCC1c1cccnc1Oc1ccccc1. The highest BCUT2D eigenvalue weighted by Gasteiger charge is 2.35. The van der Waals surface area contributed by atoms with Crippen LogP contribution < -0.4 is 4.74 Å². The molecule has 0 spiro atoms. The summed E-state index contributed by atoms with van der Waals surface area (Å²) in [4.78, 5) is 18.7. The Balaban J connectivity index is 1.84. The normalized spacial score (nSPS) is 17.4. The molecule has 1 aliphatic rings. The van der Waals surface area contributed by atoms with Crippen molar-refractivity contribution in [1.29, 1.82) is 0 Å². The van der Waals surface area contributed by atoms with Gasteiger partial charge in [0.05, 0.1) is 6.04 Å². The van der Waals surface area contributed by atoms with Crippen LogP contribution >= 0.6 is 0 Å². The summed E-state index contributed by atoms with van der Waals surface area (Å²) in [5, 5.41) is 0. The Morgan fingerprint density at radius 3 is 2.64 bits per heavy atom. The third-order valence-electron chi connectivity index (χ3n) is 4.00. The first kappa shape index (κ1) is 17.3. The van der Waals surface area contributed by atoms with Gasteiger partial charge in [-0.15, -0.1) is 0 Å². The lowest BCUT2D eigenvalue weighted by molar-refractivity contribution is 0.0223. The van der Waals surface area contributed by atoms with E-state index in [1.807, 2.05) is 63.2 Å². The smallest absolute Gasteiger partial charge is 0.410 e. The molecule has 2 aromatic rings. The molecule has 0 N–H and O–H groups in total. The zero-order valence-corrected chi connectivity index (χ0v) is 14.9. The van der Waals surface area contributed by atoms with Crippen LogP contribution in [0.1, 0.15) is 45.2 Å². The first-order valence-electron chi connectivity index (χ1n) is 8.61. The molecule has 5 heteroatoms. The zero-order chi connectivity index (χ0) is 17.9. The Labute approximate surface area is 148 Å². The van der Waals surface area contributed by atoms with Gasteiger partial charge in [-0.25, -0.2) is 9.78 Å². The molecule has 0 saturated carbocycles. The van der Waals surface area contributed by atoms with Gasteiger partial charge in [-0.1, -0.05) is 18.2 Å². The van der Waals surface area contributed by atoms with E-state index < -0.39 is 5.60 Å². The molecule has 2 heterocycles. The van der Waals surface area contributed by atoms with Crippen LogP contribution in [0, 0.1) is 0 Å². The van der Waals surface area contributed by atoms with Crippen LogP contribution in [0.15, 0.2) is 48.7 Å². The van der Waals surface area contributed by atoms with Crippen molar-refractivity contribution in [3.05, 3.63) is 54.2 Å². The van der Waals surface area contributed by atoms with E-state index in [2.05, 4.69) is 4.98 Å². The second-order valence-corrected chi connectivity index (χ2v) is 7.14. The molecule has 0 radical (unpaired) electrons. The minimum Gasteiger partial charge on any atom is -0.444 e. The van der Waals surface area contributed by atoms with Gasteiger partial charge in [-0.05, 0) is 57.9 Å². The van der Waals surface area contributed by atoms with Crippen LogP contribution in [0.2, 0.25) is 0 Å². The van der Waals surface area contributed by atoms with Crippen LogP contribution in [-0.4, -0.2) is 28.1 Å². The molecule has 5 nitrogen and oxygen atoms in total. The van der Waals surface area contributed by atoms with Gasteiger partial charge in [0.1, 0.15) is 11.4 Å². The summed E-state index contributed by atoms with van der Waals surface area (Å²) >= 11 is 0. The zero-order valence-electron chi connectivity index (χ0n) is 14.9. The number of hydrogen-bond donors (Lipinski definition) is 0. The molecule has 25 heavy (non-hydrogen) atoms. The van der Waals surface area contributed by atoms with Gasteiger partial charge in [0.2, 0.25) is 5.88 Å². The highest BCUT2D eigenvalue weighted by molar-refractivity contribution is 5.69. The van der Waals surface area contributed by atoms with Crippen molar-refractivity contribution in [1.82, 2.24) is 9.88 Å². The fraction of sp³-hybridized carbons (Fsp3) is 0.400. The molecule has 1 saturated heterocycles. The number of likely N-dealkylation sites (tertiary alicyclic amines) is 1. The van der Waals surface area contributed by atoms with Crippen molar-refractivity contribution in [2.45, 2.75) is 45.3 Å². The number of carbonyl (C=O) groups is 1. The van der Waals surface area contributed by atoms with E-state index in [0.717, 1.165) is 24.2 Å². The van der Waals surface area contributed by atoms with Gasteiger partial charge in [-0.2, -0.15) is 0 Å². The summed E-state index contributed by atoms with van der Waals surface area (Å²) in [6, 6.07) is 13.3. The van der Waals surface area contributed by atoms with Crippen molar-refractivity contribution in [2.24, 2.45) is 0 Å². The Hall–Kier alpha value is -2.56. The largest absolute Gasteiger partial charge is 0.444 e. The van der Waals surface area contributed by atoms with Gasteiger partial charge in [0.15, 0.2) is 0 Å². The fourth-order valence-electron chi connectivity index (χ4n) is 2.97. The van der Waals surface area contributed by atoms with E-state index >= 15 is 0 Å². The number of rotatable bonds is 3. The summed E-state index contributed by atoms with van der Waals surface area (Å²) in [5.74, 6) is 1.26. The molecular formula is C20H24N2O3. The lowest BCUT2D eigenvalue weighted by Crippen LogP contribution is -2.36. The number of aromatic nitrogens is 1. The molecule has 1 atom stereocenters. The average molecular weight is 340 g/mol. The summed E-state index contributed by atoms with van der Waals surface area (Å²) in [6.07, 6.45) is 3.22. The maximum absolute atomic E-state index is 12.6. The lowest BCUT2D eigenvalue weighted by Gasteiger charge is -2.29. The number of nitrogens with zero attached hydrogens (tertiary/aromatic N) is 2. The van der Waals surface area contributed by atoms with E-state index in [-0.39, 0.29) is 12.1 Å². The summed E-state index contributed by atoms with van der Waals surface area (Å²) in [5.41, 5.74) is 0.400. The Morgan fingerprint density at radius 1 is 1.16 bits per heavy atom. The van der Waals surface area contributed by atoms with Gasteiger partial charge < -0.3 is 14.4 Å². The van der Waals surface area contributed by atoms with Crippen molar-refractivity contribution in [3.8, 4) is 11.6 Å². The number of amides is 1. The first-order chi connectivity index (χ1) is 11.9. The Bertz CT molecular complexity index is 725. The van der Waals surface area contributed by atoms with Gasteiger partial charge in [-0.3, -0.25) is 0 Å². The van der Waals surface area contributed by atoms with E-state index in [1.54, 1.807) is 11.1 Å². The van der Waals surface area contributed by atoms with E-state index in [9.17, 15) is 4.79 Å². The number of para-hydroxylation sites is 1. The second kappa shape index (κ2) is 7.13. The predicted octanol–water partition coefficient (Wildman–Crippen LogP) is 4.95. The van der Waals surface area contributed by atoms with Crippen LogP contribution in [0.5, 0.6) is 11.6 Å². The maximum atomic E-state index is 12.6. The summed E-state index contributed by atoms with van der Waals surface area (Å²) in [6.45, 7) is 6.32. The fourth-order valence-corrected chi connectivity index (χ4v) is 2.97. The molecule has 0 aliphatic carbocycles. The number of ether oxygens (including phenoxy) is 2. The van der Waals surface area contributed by atoms with Crippen molar-refractivity contribution in [3.63, 3.8) is 0 Å². The minimum atomic E-state index is -0.511. The predicted molar refractivity (Wildman–Crippen MR) is 95.7 cm³/mol. The van der Waals surface area contributed by atoms with Crippen molar-refractivity contribution < 1.29 is 14.3 Å². The molecule has 132 valence electrons. The maximum Gasteiger partial charge on any atom is 0.410 e. The molecule has 1 fully saturated rings. The second-order valence-electron chi connectivity index (χ2n) is 7.14. The van der Waals surface area contributed by atoms with Crippen LogP contribution in [0.25, 0.3) is 0 Å². The van der Waals surface area contributed by atoms with Crippen molar-refractivity contribution in [2.75, 3.05) is 6.54 Å². The third-order valence-corrected chi connectivity index (χ3v) is 4.00. The molecule has 1 unspecified atom stereocenters. The minimum absolute atomic E-state index is 0.0812. The van der Waals surface area contributed by atoms with Crippen LogP contribution in [-0.2, 0) is 4.74 Å². The molecule has 0 bridgehead atoms. The van der Waals surface area contributed by atoms with E-state index in [4.69, 9.17) is 9.47 Å². The van der Waals surface area contributed by atoms with Crippen LogP contribution in [0.4, 0.5) is 4.79 Å². The monoisotopic (exact) mass is 340 g/mol. The molecule has 1 aromatic heterocycles. The van der Waals surface area contributed by atoms with E-state index in [1.165, 1.54) is 0 Å². The third kappa shape index (κ3) is 4.29. The lowest BCUT2D eigenvalue weighted by atomic mass is 10.1. The number of hydrogen-bond acceptors (Lipinski definition) is 4.